The molecule has 2 aromatic carbocycles. The Hall–Kier alpha value is -2.25. The van der Waals surface area contributed by atoms with Crippen molar-refractivity contribution in [3.05, 3.63) is 53.1 Å². The van der Waals surface area contributed by atoms with Gasteiger partial charge in [-0.15, -0.1) is 0 Å². The number of benzene rings is 2. The van der Waals surface area contributed by atoms with Crippen LogP contribution in [-0.2, 0) is 15.0 Å². The number of morpholine rings is 1. The van der Waals surface area contributed by atoms with Gasteiger partial charge in [0.15, 0.2) is 0 Å². The summed E-state index contributed by atoms with van der Waals surface area (Å²) in [6.07, 6.45) is 0. The molecule has 0 aromatic heterocycles. The van der Waals surface area contributed by atoms with Gasteiger partial charge in [0, 0.05) is 18.8 Å². The van der Waals surface area contributed by atoms with Crippen molar-refractivity contribution in [1.29, 1.82) is 0 Å². The van der Waals surface area contributed by atoms with E-state index >= 15 is 0 Å². The average molecular weight is 376 g/mol. The van der Waals surface area contributed by atoms with Crippen LogP contribution in [0.2, 0.25) is 0 Å². The van der Waals surface area contributed by atoms with Gasteiger partial charge in [-0.25, -0.2) is 0 Å². The first-order valence-corrected chi connectivity index (χ1v) is 9.98. The highest BCUT2D eigenvalue weighted by atomic mass is 32.2. The fourth-order valence-corrected chi connectivity index (χ4v) is 4.08. The van der Waals surface area contributed by atoms with Gasteiger partial charge in [-0.2, -0.15) is 8.42 Å². The Morgan fingerprint density at radius 2 is 1.58 bits per heavy atom. The molecule has 1 fully saturated rings. The van der Waals surface area contributed by atoms with E-state index in [0.29, 0.717) is 24.7 Å². The predicted octanol–water partition coefficient (Wildman–Crippen LogP) is 3.18. The van der Waals surface area contributed by atoms with Gasteiger partial charge in [-0.1, -0.05) is 17.7 Å². The van der Waals surface area contributed by atoms with Gasteiger partial charge in [0.2, 0.25) is 0 Å². The third-order valence-electron chi connectivity index (χ3n) is 4.28. The monoisotopic (exact) mass is 376 g/mol. The molecule has 1 N–H and O–H groups in total. The summed E-state index contributed by atoms with van der Waals surface area (Å²) in [6.45, 7) is 8.71. The van der Waals surface area contributed by atoms with Crippen LogP contribution in [-0.4, -0.2) is 34.7 Å². The van der Waals surface area contributed by atoms with Gasteiger partial charge < -0.3 is 13.8 Å². The smallest absolute Gasteiger partial charge is 0.378 e. The van der Waals surface area contributed by atoms with E-state index in [4.69, 9.17) is 8.92 Å². The molecule has 7 heteroatoms. The lowest BCUT2D eigenvalue weighted by Crippen LogP contribution is -2.36. The Bertz CT molecular complexity index is 850. The quantitative estimate of drug-likeness (QED) is 0.868. The van der Waals surface area contributed by atoms with Crippen LogP contribution < -0.4 is 13.8 Å². The van der Waals surface area contributed by atoms with E-state index in [-0.39, 0.29) is 0 Å². The maximum absolute atomic E-state index is 12.4. The number of nitrogens with one attached hydrogen (secondary N) is 1. The molecule has 0 aliphatic carbocycles. The standard InChI is InChI=1S/C19H24N2O4S/c1-14-12-15(2)19(16(3)13-14)25-26(22,23)20-17-4-6-18(7-5-17)21-8-10-24-11-9-21/h4-7,12-13,20H,8-11H2,1-3H3. The van der Waals surface area contributed by atoms with Gasteiger partial charge in [0.1, 0.15) is 5.75 Å². The number of rotatable bonds is 5. The zero-order valence-corrected chi connectivity index (χ0v) is 16.1. The number of hydrogen-bond acceptors (Lipinski definition) is 5. The summed E-state index contributed by atoms with van der Waals surface area (Å²) >= 11 is 0. The van der Waals surface area contributed by atoms with Crippen molar-refractivity contribution < 1.29 is 17.3 Å². The second-order valence-corrected chi connectivity index (χ2v) is 7.79. The molecule has 1 heterocycles. The normalized spacial score (nSPS) is 15.0. The van der Waals surface area contributed by atoms with Crippen LogP contribution >= 0.6 is 0 Å². The highest BCUT2D eigenvalue weighted by Gasteiger charge is 2.17. The molecule has 0 atom stereocenters. The molecule has 0 unspecified atom stereocenters. The fourth-order valence-electron chi connectivity index (χ4n) is 3.13. The molecule has 3 rings (SSSR count). The largest absolute Gasteiger partial charge is 0.407 e. The first-order valence-electron chi connectivity index (χ1n) is 8.57. The van der Waals surface area contributed by atoms with Crippen LogP contribution in [0.3, 0.4) is 0 Å². The second kappa shape index (κ2) is 7.55. The van der Waals surface area contributed by atoms with Crippen LogP contribution in [0, 0.1) is 20.8 Å². The minimum atomic E-state index is -3.97. The summed E-state index contributed by atoms with van der Waals surface area (Å²) in [6, 6.07) is 11.1. The summed E-state index contributed by atoms with van der Waals surface area (Å²) in [7, 11) is -3.97. The van der Waals surface area contributed by atoms with Gasteiger partial charge in [0.05, 0.1) is 18.9 Å². The highest BCUT2D eigenvalue weighted by molar-refractivity contribution is 7.88. The lowest BCUT2D eigenvalue weighted by molar-refractivity contribution is 0.122. The summed E-state index contributed by atoms with van der Waals surface area (Å²) in [5, 5.41) is 0. The van der Waals surface area contributed by atoms with Crippen molar-refractivity contribution in [3.63, 3.8) is 0 Å². The van der Waals surface area contributed by atoms with Crippen LogP contribution in [0.15, 0.2) is 36.4 Å². The molecule has 0 radical (unpaired) electrons. The number of hydrogen-bond donors (Lipinski definition) is 1. The Labute approximate surface area is 155 Å². The second-order valence-electron chi connectivity index (χ2n) is 6.51. The summed E-state index contributed by atoms with van der Waals surface area (Å²) < 4.78 is 37.9. The van der Waals surface area contributed by atoms with E-state index in [1.54, 1.807) is 12.1 Å². The topological polar surface area (TPSA) is 67.9 Å². The number of anilines is 2. The van der Waals surface area contributed by atoms with Gasteiger partial charge in [-0.05, 0) is 56.2 Å². The van der Waals surface area contributed by atoms with Crippen LogP contribution in [0.25, 0.3) is 0 Å². The number of nitrogens with zero attached hydrogens (tertiary/aromatic N) is 1. The molecule has 1 aliphatic rings. The van der Waals surface area contributed by atoms with Crippen LogP contribution in [0.4, 0.5) is 11.4 Å². The zero-order chi connectivity index (χ0) is 18.7. The van der Waals surface area contributed by atoms with E-state index in [1.807, 2.05) is 45.0 Å². The predicted molar refractivity (Wildman–Crippen MR) is 103 cm³/mol. The SMILES string of the molecule is Cc1cc(C)c(OS(=O)(=O)Nc2ccc(N3CCOCC3)cc2)c(C)c1. The number of ether oxygens (including phenoxy) is 1. The van der Waals surface area contributed by atoms with E-state index in [9.17, 15) is 8.42 Å². The molecule has 0 spiro atoms. The molecule has 0 amide bonds. The Balaban J connectivity index is 1.71. The Morgan fingerprint density at radius 3 is 2.15 bits per heavy atom. The minimum absolute atomic E-state index is 0.369. The molecular formula is C19H24N2O4S. The lowest BCUT2D eigenvalue weighted by atomic mass is 10.1. The first-order chi connectivity index (χ1) is 12.3. The average Bonchev–Trinajstić information content (AvgIpc) is 2.59. The van der Waals surface area contributed by atoms with E-state index in [1.165, 1.54) is 0 Å². The van der Waals surface area contributed by atoms with E-state index in [0.717, 1.165) is 35.5 Å². The summed E-state index contributed by atoms with van der Waals surface area (Å²) in [4.78, 5) is 2.21. The van der Waals surface area contributed by atoms with Crippen molar-refractivity contribution in [1.82, 2.24) is 0 Å². The molecular weight excluding hydrogens is 352 g/mol. The molecule has 26 heavy (non-hydrogen) atoms. The minimum Gasteiger partial charge on any atom is -0.378 e. The highest BCUT2D eigenvalue weighted by Crippen LogP contribution is 2.27. The molecule has 0 bridgehead atoms. The van der Waals surface area contributed by atoms with Crippen molar-refractivity contribution in [2.75, 3.05) is 35.9 Å². The van der Waals surface area contributed by atoms with Gasteiger partial charge in [0.25, 0.3) is 0 Å². The van der Waals surface area contributed by atoms with Crippen LogP contribution in [0.5, 0.6) is 5.75 Å². The summed E-state index contributed by atoms with van der Waals surface area (Å²) in [5.74, 6) is 0.369. The molecule has 0 saturated carbocycles. The first kappa shape index (κ1) is 18.5. The fraction of sp³-hybridized carbons (Fsp3) is 0.368. The molecule has 2 aromatic rings. The van der Waals surface area contributed by atoms with Crippen molar-refractivity contribution in [3.8, 4) is 5.75 Å². The van der Waals surface area contributed by atoms with E-state index in [2.05, 4.69) is 9.62 Å². The van der Waals surface area contributed by atoms with E-state index < -0.39 is 10.3 Å². The van der Waals surface area contributed by atoms with Crippen LogP contribution in [0.1, 0.15) is 16.7 Å². The molecule has 140 valence electrons. The lowest BCUT2D eigenvalue weighted by Gasteiger charge is -2.28. The summed E-state index contributed by atoms with van der Waals surface area (Å²) in [5.41, 5.74) is 4.15. The third kappa shape index (κ3) is 4.47. The maximum Gasteiger partial charge on any atom is 0.407 e. The van der Waals surface area contributed by atoms with Crippen molar-refractivity contribution in [2.24, 2.45) is 0 Å². The Kier molecular flexibility index (Phi) is 5.38. The van der Waals surface area contributed by atoms with Crippen molar-refractivity contribution >= 4 is 21.7 Å². The third-order valence-corrected chi connectivity index (χ3v) is 5.16. The van der Waals surface area contributed by atoms with Gasteiger partial charge >= 0.3 is 10.3 Å². The molecule has 1 saturated heterocycles. The van der Waals surface area contributed by atoms with Crippen molar-refractivity contribution in [2.45, 2.75) is 20.8 Å². The Morgan fingerprint density at radius 1 is 1.00 bits per heavy atom. The molecule has 6 nitrogen and oxygen atoms in total. The van der Waals surface area contributed by atoms with Gasteiger partial charge in [-0.3, -0.25) is 4.72 Å². The number of aryl methyl sites for hydroxylation is 3. The molecule has 1 aliphatic heterocycles. The zero-order valence-electron chi connectivity index (χ0n) is 15.3. The maximum atomic E-state index is 12.4.